The minimum Gasteiger partial charge on any atom is -0.361 e. The van der Waals surface area contributed by atoms with E-state index < -0.39 is 11.6 Å². The van der Waals surface area contributed by atoms with E-state index in [0.29, 0.717) is 19.6 Å². The van der Waals surface area contributed by atoms with Gasteiger partial charge in [0.2, 0.25) is 11.8 Å². The summed E-state index contributed by atoms with van der Waals surface area (Å²) >= 11 is 0. The van der Waals surface area contributed by atoms with E-state index in [1.54, 1.807) is 14.0 Å². The zero-order valence-corrected chi connectivity index (χ0v) is 23.7. The largest absolute Gasteiger partial charge is 0.361 e. The van der Waals surface area contributed by atoms with Crippen molar-refractivity contribution in [2.75, 3.05) is 40.3 Å². The van der Waals surface area contributed by atoms with Crippen molar-refractivity contribution in [1.29, 1.82) is 0 Å². The Morgan fingerprint density at radius 3 is 2.09 bits per heavy atom. The average molecular weight is 501 g/mol. The van der Waals surface area contributed by atoms with E-state index in [1.807, 2.05) is 39.6 Å². The lowest BCUT2D eigenvalue weighted by Crippen LogP contribution is -2.51. The first kappa shape index (κ1) is 35.3. The molecule has 0 radical (unpaired) electrons. The van der Waals surface area contributed by atoms with Gasteiger partial charge in [0.05, 0.1) is 31.8 Å². The van der Waals surface area contributed by atoms with Crippen LogP contribution in [0.15, 0.2) is 0 Å². The average Bonchev–Trinajstić information content (AvgIpc) is 3.45. The van der Waals surface area contributed by atoms with Crippen LogP contribution in [-0.4, -0.2) is 86.8 Å². The monoisotopic (exact) mass is 500 g/mol. The summed E-state index contributed by atoms with van der Waals surface area (Å²) in [5.41, 5.74) is -0.761. The topological polar surface area (TPSA) is 120 Å². The van der Waals surface area contributed by atoms with Crippen molar-refractivity contribution in [1.82, 2.24) is 20.9 Å². The summed E-state index contributed by atoms with van der Waals surface area (Å²) in [5, 5.41) is 8.08. The maximum absolute atomic E-state index is 12.5. The van der Waals surface area contributed by atoms with Gasteiger partial charge in [0.1, 0.15) is 11.9 Å². The normalized spacial score (nSPS) is 21.1. The van der Waals surface area contributed by atoms with Gasteiger partial charge in [-0.1, -0.05) is 54.4 Å². The van der Waals surface area contributed by atoms with Crippen LogP contribution in [0.4, 0.5) is 0 Å². The lowest BCUT2D eigenvalue weighted by molar-refractivity contribution is -0.131. The summed E-state index contributed by atoms with van der Waals surface area (Å²) in [7, 11) is 3.64. The van der Waals surface area contributed by atoms with Gasteiger partial charge in [0.15, 0.2) is 5.78 Å². The van der Waals surface area contributed by atoms with Crippen LogP contribution in [0.1, 0.15) is 80.6 Å². The van der Waals surface area contributed by atoms with E-state index in [9.17, 15) is 19.2 Å². The first-order chi connectivity index (χ1) is 16.6. The van der Waals surface area contributed by atoms with Crippen LogP contribution in [0.2, 0.25) is 0 Å². The van der Waals surface area contributed by atoms with Crippen molar-refractivity contribution in [3.05, 3.63) is 0 Å². The molecule has 9 heteroatoms. The van der Waals surface area contributed by atoms with Gasteiger partial charge in [-0.25, -0.2) is 0 Å². The molecule has 206 valence electrons. The molecule has 3 unspecified atom stereocenters. The highest BCUT2D eigenvalue weighted by Crippen LogP contribution is 2.29. The molecule has 2 rings (SSSR count). The van der Waals surface area contributed by atoms with Crippen LogP contribution in [0.25, 0.3) is 0 Å². The number of nitrogens with one attached hydrogen (secondary N) is 3. The van der Waals surface area contributed by atoms with Gasteiger partial charge >= 0.3 is 0 Å². The number of epoxide rings is 1. The standard InChI is InChI=1S/C17H29N3O4.C4H10.C3H7NO.C2H6/c1-11(2)8-12(15(22)17(3)10-24-17)19-14(21)9-18-16(23)13-6-5-7-20(13)4;1-3-4-2;1-4-2-3-5;1-2/h11-13H,5-10H2,1-4H3,(H,18,23)(H,19,21);3-4H2,1-2H3;3-4H,2H2,1H3;1-2H3. The highest BCUT2D eigenvalue weighted by atomic mass is 16.6. The van der Waals surface area contributed by atoms with Crippen molar-refractivity contribution in [3.8, 4) is 0 Å². The van der Waals surface area contributed by atoms with Gasteiger partial charge in [-0.2, -0.15) is 0 Å². The third kappa shape index (κ3) is 15.7. The molecule has 9 nitrogen and oxygen atoms in total. The Bertz CT molecular complexity index is 607. The molecule has 35 heavy (non-hydrogen) atoms. The summed E-state index contributed by atoms with van der Waals surface area (Å²) in [6, 6.07) is -0.735. The quantitative estimate of drug-likeness (QED) is 0.294. The molecule has 0 aromatic rings. The second-order valence-electron chi connectivity index (χ2n) is 9.21. The molecule has 0 saturated carbocycles. The van der Waals surface area contributed by atoms with E-state index in [2.05, 4.69) is 29.8 Å². The third-order valence-electron chi connectivity index (χ3n) is 5.49. The van der Waals surface area contributed by atoms with Crippen molar-refractivity contribution in [3.63, 3.8) is 0 Å². The number of ether oxygens (including phenoxy) is 1. The van der Waals surface area contributed by atoms with Gasteiger partial charge in [-0.15, -0.1) is 0 Å². The molecular formula is C26H52N4O5. The van der Waals surface area contributed by atoms with Crippen LogP contribution in [0.3, 0.4) is 0 Å². The molecule has 2 aliphatic rings. The Morgan fingerprint density at radius 1 is 1.17 bits per heavy atom. The Kier molecular flexibility index (Phi) is 20.5. The number of hydrogen-bond acceptors (Lipinski definition) is 7. The number of ketones is 1. The minimum absolute atomic E-state index is 0.0913. The number of aldehydes is 1. The number of carbonyl (C=O) groups excluding carboxylic acids is 4. The molecule has 0 spiro atoms. The molecule has 3 N–H and O–H groups in total. The third-order valence-corrected chi connectivity index (χ3v) is 5.49. The molecule has 0 aromatic heterocycles. The Balaban J connectivity index is 0. The molecule has 0 bridgehead atoms. The van der Waals surface area contributed by atoms with Crippen molar-refractivity contribution in [2.24, 2.45) is 5.92 Å². The van der Waals surface area contributed by atoms with E-state index in [-0.39, 0.29) is 36.1 Å². The number of rotatable bonds is 11. The van der Waals surface area contributed by atoms with Crippen LogP contribution >= 0.6 is 0 Å². The lowest BCUT2D eigenvalue weighted by atomic mass is 9.93. The summed E-state index contributed by atoms with van der Waals surface area (Å²) in [6.07, 6.45) is 5.82. The van der Waals surface area contributed by atoms with E-state index in [0.717, 1.165) is 25.7 Å². The second-order valence-corrected chi connectivity index (χ2v) is 9.21. The van der Waals surface area contributed by atoms with Crippen molar-refractivity contribution >= 4 is 23.9 Å². The summed E-state index contributed by atoms with van der Waals surface area (Å²) in [5.74, 6) is -0.295. The Labute approximate surface area is 213 Å². The van der Waals surface area contributed by atoms with E-state index >= 15 is 0 Å². The second kappa shape index (κ2) is 20.4. The molecule has 3 atom stereocenters. The zero-order valence-electron chi connectivity index (χ0n) is 23.7. The Morgan fingerprint density at radius 2 is 1.74 bits per heavy atom. The molecule has 2 heterocycles. The lowest BCUT2D eigenvalue weighted by Gasteiger charge is -2.22. The summed E-state index contributed by atoms with van der Waals surface area (Å²) in [4.78, 5) is 48.0. The highest BCUT2D eigenvalue weighted by molar-refractivity contribution is 5.97. The minimum atomic E-state index is -0.761. The maximum Gasteiger partial charge on any atom is 0.239 e. The van der Waals surface area contributed by atoms with Crippen molar-refractivity contribution in [2.45, 2.75) is 98.3 Å². The fourth-order valence-electron chi connectivity index (χ4n) is 3.18. The summed E-state index contributed by atoms with van der Waals surface area (Å²) in [6.45, 7) is 15.8. The van der Waals surface area contributed by atoms with Crippen LogP contribution in [0.5, 0.6) is 0 Å². The van der Waals surface area contributed by atoms with Gasteiger partial charge in [0.25, 0.3) is 0 Å². The number of likely N-dealkylation sites (tertiary alicyclic amines) is 1. The number of carbonyl (C=O) groups is 4. The fraction of sp³-hybridized carbons (Fsp3) is 0.846. The molecule has 0 aliphatic carbocycles. The SMILES string of the molecule is CC.CC(C)CC(NC(=O)CNC(=O)C1CCCN1C)C(=O)C1(C)CO1.CCCC.CNCC=O. The number of amides is 2. The first-order valence-electron chi connectivity index (χ1n) is 13.1. The van der Waals surface area contributed by atoms with Gasteiger partial charge in [-0.05, 0) is 52.7 Å². The van der Waals surface area contributed by atoms with Crippen LogP contribution in [-0.2, 0) is 23.9 Å². The first-order valence-corrected chi connectivity index (χ1v) is 13.1. The van der Waals surface area contributed by atoms with E-state index in [4.69, 9.17) is 4.74 Å². The Hall–Kier alpha value is -1.84. The number of nitrogens with zero attached hydrogens (tertiary/aromatic N) is 1. The van der Waals surface area contributed by atoms with Gasteiger partial charge in [0, 0.05) is 0 Å². The van der Waals surface area contributed by atoms with Gasteiger partial charge in [-0.3, -0.25) is 19.3 Å². The maximum atomic E-state index is 12.5. The molecule has 2 saturated heterocycles. The highest BCUT2D eigenvalue weighted by Gasteiger charge is 2.50. The predicted molar refractivity (Wildman–Crippen MR) is 141 cm³/mol. The van der Waals surface area contributed by atoms with Crippen LogP contribution in [0, 0.1) is 5.92 Å². The summed E-state index contributed by atoms with van der Waals surface area (Å²) < 4.78 is 5.20. The predicted octanol–water partition coefficient (Wildman–Crippen LogP) is 2.32. The molecule has 0 aromatic carbocycles. The molecular weight excluding hydrogens is 448 g/mol. The van der Waals surface area contributed by atoms with Crippen LogP contribution < -0.4 is 16.0 Å². The zero-order chi connectivity index (χ0) is 27.4. The number of likely N-dealkylation sites (N-methyl/N-ethyl adjacent to an activating group) is 2. The smallest absolute Gasteiger partial charge is 0.239 e. The van der Waals surface area contributed by atoms with Crippen molar-refractivity contribution < 1.29 is 23.9 Å². The number of Topliss-reactive ketones (excluding diaryl/α,β-unsaturated/α-hetero) is 1. The van der Waals surface area contributed by atoms with E-state index in [1.165, 1.54) is 12.8 Å². The fourth-order valence-corrected chi connectivity index (χ4v) is 3.18. The molecule has 2 aliphatic heterocycles. The molecule has 2 amide bonds. The number of unbranched alkanes of at least 4 members (excludes halogenated alkanes) is 1. The molecule has 2 fully saturated rings. The number of hydrogen-bond donors (Lipinski definition) is 3. The van der Waals surface area contributed by atoms with Gasteiger partial charge < -0.3 is 25.5 Å².